The number of halogens is 3. The van der Waals surface area contributed by atoms with Gasteiger partial charge in [-0.3, -0.25) is 9.59 Å². The fraction of sp³-hybridized carbons (Fsp3) is 0.500. The van der Waals surface area contributed by atoms with Gasteiger partial charge in [0.15, 0.2) is 5.78 Å². The molecule has 122 valence electrons. The van der Waals surface area contributed by atoms with E-state index in [0.717, 1.165) is 6.07 Å². The molecule has 0 unspecified atom stereocenters. The van der Waals surface area contributed by atoms with Crippen LogP contribution < -0.4 is 0 Å². The summed E-state index contributed by atoms with van der Waals surface area (Å²) in [7, 11) is 0. The lowest BCUT2D eigenvalue weighted by atomic mass is 9.99. The van der Waals surface area contributed by atoms with Gasteiger partial charge in [-0.25, -0.2) is 0 Å². The molecular formula is C16H19F3O3. The number of ether oxygens (including phenoxy) is 1. The van der Waals surface area contributed by atoms with E-state index in [9.17, 15) is 22.8 Å². The summed E-state index contributed by atoms with van der Waals surface area (Å²) in [5, 5.41) is 0. The Morgan fingerprint density at radius 1 is 1.05 bits per heavy atom. The minimum Gasteiger partial charge on any atom is -0.466 e. The normalized spacial score (nSPS) is 11.3. The van der Waals surface area contributed by atoms with Gasteiger partial charge < -0.3 is 4.74 Å². The highest BCUT2D eigenvalue weighted by molar-refractivity contribution is 5.97. The topological polar surface area (TPSA) is 43.4 Å². The standard InChI is InChI=1S/C16H19F3O3/c1-2-22-15(21)11-5-3-4-10-14(20)12-8-6-7-9-13(12)16(17,18)19/h6-9H,2-5,10-11H2,1H3. The molecule has 1 rings (SSSR count). The number of hydrogen-bond acceptors (Lipinski definition) is 3. The van der Waals surface area contributed by atoms with E-state index >= 15 is 0 Å². The van der Waals surface area contributed by atoms with Crippen LogP contribution in [0.3, 0.4) is 0 Å². The summed E-state index contributed by atoms with van der Waals surface area (Å²) in [5.41, 5.74) is -1.19. The SMILES string of the molecule is CCOC(=O)CCCCCC(=O)c1ccccc1C(F)(F)F. The third-order valence-corrected chi connectivity index (χ3v) is 3.12. The summed E-state index contributed by atoms with van der Waals surface area (Å²) in [4.78, 5) is 23.0. The summed E-state index contributed by atoms with van der Waals surface area (Å²) in [6, 6.07) is 4.79. The van der Waals surface area contributed by atoms with E-state index in [1.54, 1.807) is 6.92 Å². The molecule has 0 aliphatic carbocycles. The fourth-order valence-corrected chi connectivity index (χ4v) is 2.07. The second-order valence-electron chi connectivity index (χ2n) is 4.83. The van der Waals surface area contributed by atoms with Gasteiger partial charge in [-0.15, -0.1) is 0 Å². The van der Waals surface area contributed by atoms with E-state index in [1.165, 1.54) is 18.2 Å². The highest BCUT2D eigenvalue weighted by Gasteiger charge is 2.34. The van der Waals surface area contributed by atoms with Gasteiger partial charge in [0.1, 0.15) is 0 Å². The fourth-order valence-electron chi connectivity index (χ4n) is 2.07. The molecule has 3 nitrogen and oxygen atoms in total. The lowest BCUT2D eigenvalue weighted by Crippen LogP contribution is -2.13. The van der Waals surface area contributed by atoms with Gasteiger partial charge in [0, 0.05) is 18.4 Å². The Kier molecular flexibility index (Phi) is 7.08. The molecule has 1 aromatic rings. The number of unbranched alkanes of at least 4 members (excludes halogenated alkanes) is 2. The summed E-state index contributed by atoms with van der Waals surface area (Å²) in [6.07, 6.45) is -2.62. The van der Waals surface area contributed by atoms with Crippen molar-refractivity contribution in [2.24, 2.45) is 0 Å². The van der Waals surface area contributed by atoms with Crippen LogP contribution in [0.1, 0.15) is 54.9 Å². The second kappa shape index (κ2) is 8.56. The van der Waals surface area contributed by atoms with Crippen LogP contribution >= 0.6 is 0 Å². The third kappa shape index (κ3) is 5.87. The molecule has 0 amide bonds. The summed E-state index contributed by atoms with van der Waals surface area (Å²) < 4.78 is 43.2. The number of hydrogen-bond donors (Lipinski definition) is 0. The molecule has 22 heavy (non-hydrogen) atoms. The maximum absolute atomic E-state index is 12.8. The molecule has 0 N–H and O–H groups in total. The highest BCUT2D eigenvalue weighted by Crippen LogP contribution is 2.32. The molecule has 0 aromatic heterocycles. The van der Waals surface area contributed by atoms with Crippen molar-refractivity contribution < 1.29 is 27.5 Å². The molecule has 0 heterocycles. The maximum atomic E-state index is 12.8. The number of rotatable bonds is 8. The van der Waals surface area contributed by atoms with Crippen molar-refractivity contribution in [1.82, 2.24) is 0 Å². The van der Waals surface area contributed by atoms with E-state index in [0.29, 0.717) is 25.9 Å². The Morgan fingerprint density at radius 2 is 1.68 bits per heavy atom. The number of benzene rings is 1. The molecule has 0 aliphatic heterocycles. The molecule has 0 aliphatic rings. The van der Waals surface area contributed by atoms with Crippen molar-refractivity contribution in [3.8, 4) is 0 Å². The van der Waals surface area contributed by atoms with Crippen molar-refractivity contribution in [3.63, 3.8) is 0 Å². The van der Waals surface area contributed by atoms with Crippen LogP contribution in [0.25, 0.3) is 0 Å². The molecule has 0 spiro atoms. The zero-order valence-electron chi connectivity index (χ0n) is 12.4. The smallest absolute Gasteiger partial charge is 0.417 e. The van der Waals surface area contributed by atoms with E-state index in [4.69, 9.17) is 4.74 Å². The van der Waals surface area contributed by atoms with Crippen molar-refractivity contribution in [1.29, 1.82) is 0 Å². The number of alkyl halides is 3. The first-order valence-corrected chi connectivity index (χ1v) is 7.21. The minimum atomic E-state index is -4.53. The minimum absolute atomic E-state index is 0.0376. The number of carbonyl (C=O) groups is 2. The van der Waals surface area contributed by atoms with E-state index in [2.05, 4.69) is 0 Å². The largest absolute Gasteiger partial charge is 0.466 e. The average molecular weight is 316 g/mol. The molecule has 0 atom stereocenters. The van der Waals surface area contributed by atoms with Crippen LogP contribution in [0.2, 0.25) is 0 Å². The first-order valence-electron chi connectivity index (χ1n) is 7.21. The monoisotopic (exact) mass is 316 g/mol. The lowest BCUT2D eigenvalue weighted by molar-refractivity contribution is -0.143. The van der Waals surface area contributed by atoms with Crippen LogP contribution in [0.15, 0.2) is 24.3 Å². The van der Waals surface area contributed by atoms with Gasteiger partial charge in [-0.1, -0.05) is 24.6 Å². The summed E-state index contributed by atoms with van der Waals surface area (Å²) in [6.45, 7) is 2.04. The molecule has 0 saturated heterocycles. The Bertz CT molecular complexity index is 510. The van der Waals surface area contributed by atoms with Crippen LogP contribution in [0, 0.1) is 0 Å². The van der Waals surface area contributed by atoms with Gasteiger partial charge in [-0.2, -0.15) is 13.2 Å². The molecule has 0 bridgehead atoms. The summed E-state index contributed by atoms with van der Waals surface area (Å²) in [5.74, 6) is -0.819. The Balaban J connectivity index is 2.45. The van der Waals surface area contributed by atoms with Crippen LogP contribution in [0.5, 0.6) is 0 Å². The third-order valence-electron chi connectivity index (χ3n) is 3.12. The molecule has 0 saturated carbocycles. The van der Waals surface area contributed by atoms with Crippen molar-refractivity contribution in [2.75, 3.05) is 6.61 Å². The zero-order chi connectivity index (χ0) is 16.6. The van der Waals surface area contributed by atoms with Gasteiger partial charge >= 0.3 is 12.1 Å². The van der Waals surface area contributed by atoms with Gasteiger partial charge in [0.2, 0.25) is 0 Å². The van der Waals surface area contributed by atoms with Gasteiger partial charge in [0.05, 0.1) is 12.2 Å². The molecule has 0 fully saturated rings. The Labute approximate surface area is 127 Å². The zero-order valence-corrected chi connectivity index (χ0v) is 12.4. The van der Waals surface area contributed by atoms with Crippen LogP contribution in [-0.4, -0.2) is 18.4 Å². The number of ketones is 1. The Morgan fingerprint density at radius 3 is 2.32 bits per heavy atom. The predicted octanol–water partition coefficient (Wildman–Crippen LogP) is 4.40. The average Bonchev–Trinajstić information content (AvgIpc) is 2.46. The Hall–Kier alpha value is -1.85. The quantitative estimate of drug-likeness (QED) is 0.405. The molecule has 1 aromatic carbocycles. The first kappa shape index (κ1) is 18.2. The van der Waals surface area contributed by atoms with Crippen LogP contribution in [-0.2, 0) is 15.7 Å². The number of carbonyl (C=O) groups excluding carboxylic acids is 2. The molecular weight excluding hydrogens is 297 g/mol. The van der Waals surface area contributed by atoms with Gasteiger partial charge in [0.25, 0.3) is 0 Å². The summed E-state index contributed by atoms with van der Waals surface area (Å²) >= 11 is 0. The molecule has 0 radical (unpaired) electrons. The van der Waals surface area contributed by atoms with Crippen LogP contribution in [0.4, 0.5) is 13.2 Å². The first-order chi connectivity index (χ1) is 10.4. The predicted molar refractivity (Wildman–Crippen MR) is 75.5 cm³/mol. The van der Waals surface area contributed by atoms with E-state index < -0.39 is 17.5 Å². The second-order valence-corrected chi connectivity index (χ2v) is 4.83. The van der Waals surface area contributed by atoms with Crippen molar-refractivity contribution in [2.45, 2.75) is 45.2 Å². The number of Topliss-reactive ketones (excluding diaryl/α,β-unsaturated/α-hetero) is 1. The number of esters is 1. The van der Waals surface area contributed by atoms with Crippen molar-refractivity contribution >= 4 is 11.8 Å². The van der Waals surface area contributed by atoms with E-state index in [1.807, 2.05) is 0 Å². The highest BCUT2D eigenvalue weighted by atomic mass is 19.4. The molecule has 6 heteroatoms. The lowest BCUT2D eigenvalue weighted by Gasteiger charge is -2.11. The van der Waals surface area contributed by atoms with E-state index in [-0.39, 0.29) is 24.4 Å². The van der Waals surface area contributed by atoms with Crippen molar-refractivity contribution in [3.05, 3.63) is 35.4 Å². The maximum Gasteiger partial charge on any atom is 0.417 e. The van der Waals surface area contributed by atoms with Gasteiger partial charge in [-0.05, 0) is 25.8 Å².